The molecule has 0 bridgehead atoms. The van der Waals surface area contributed by atoms with Gasteiger partial charge in [0.25, 0.3) is 0 Å². The third-order valence-corrected chi connectivity index (χ3v) is 3.62. The predicted octanol–water partition coefficient (Wildman–Crippen LogP) is -1.22. The first-order valence-corrected chi connectivity index (χ1v) is 6.62. The second kappa shape index (κ2) is 5.42. The SMILES string of the molecule is COCCC(N)C(=O)NC1C=CS(=O)(=O)C1. The minimum absolute atomic E-state index is 0.0876. The highest BCUT2D eigenvalue weighted by atomic mass is 32.2. The summed E-state index contributed by atoms with van der Waals surface area (Å²) in [5.41, 5.74) is 5.58. The molecule has 1 aliphatic heterocycles. The lowest BCUT2D eigenvalue weighted by molar-refractivity contribution is -0.123. The van der Waals surface area contributed by atoms with Gasteiger partial charge in [-0.3, -0.25) is 4.79 Å². The molecular formula is C9H16N2O4S. The number of ether oxygens (including phenoxy) is 1. The summed E-state index contributed by atoms with van der Waals surface area (Å²) in [4.78, 5) is 11.5. The van der Waals surface area contributed by atoms with Gasteiger partial charge in [-0.25, -0.2) is 8.42 Å². The Labute approximate surface area is 94.8 Å². The zero-order valence-corrected chi connectivity index (χ0v) is 9.87. The molecule has 1 rings (SSSR count). The van der Waals surface area contributed by atoms with E-state index in [-0.39, 0.29) is 11.7 Å². The van der Waals surface area contributed by atoms with E-state index in [2.05, 4.69) is 5.32 Å². The molecule has 1 aliphatic rings. The lowest BCUT2D eigenvalue weighted by Gasteiger charge is -2.14. The maximum atomic E-state index is 11.5. The van der Waals surface area contributed by atoms with Crippen molar-refractivity contribution in [2.75, 3.05) is 19.5 Å². The van der Waals surface area contributed by atoms with E-state index < -0.39 is 21.9 Å². The average Bonchev–Trinajstić information content (AvgIpc) is 2.54. The van der Waals surface area contributed by atoms with Crippen LogP contribution in [0.2, 0.25) is 0 Å². The van der Waals surface area contributed by atoms with Crippen molar-refractivity contribution in [3.05, 3.63) is 11.5 Å². The Balaban J connectivity index is 2.38. The molecule has 0 saturated carbocycles. The van der Waals surface area contributed by atoms with Crippen molar-refractivity contribution in [3.63, 3.8) is 0 Å². The summed E-state index contributed by atoms with van der Waals surface area (Å²) >= 11 is 0. The van der Waals surface area contributed by atoms with Crippen LogP contribution in [0.25, 0.3) is 0 Å². The lowest BCUT2D eigenvalue weighted by Crippen LogP contribution is -2.46. The van der Waals surface area contributed by atoms with Crippen molar-refractivity contribution in [2.24, 2.45) is 5.73 Å². The Morgan fingerprint density at radius 1 is 1.69 bits per heavy atom. The Morgan fingerprint density at radius 3 is 2.88 bits per heavy atom. The van der Waals surface area contributed by atoms with Crippen LogP contribution < -0.4 is 11.1 Å². The summed E-state index contributed by atoms with van der Waals surface area (Å²) in [5, 5.41) is 3.67. The van der Waals surface area contributed by atoms with Crippen LogP contribution in [0, 0.1) is 0 Å². The molecule has 2 unspecified atom stereocenters. The maximum Gasteiger partial charge on any atom is 0.237 e. The number of carbonyl (C=O) groups excluding carboxylic acids is 1. The van der Waals surface area contributed by atoms with Crippen LogP contribution in [0.15, 0.2) is 11.5 Å². The second-order valence-electron chi connectivity index (χ2n) is 3.66. The molecule has 0 aliphatic carbocycles. The molecule has 0 spiro atoms. The molecule has 0 aromatic heterocycles. The summed E-state index contributed by atoms with van der Waals surface area (Å²) in [6.45, 7) is 0.396. The predicted molar refractivity (Wildman–Crippen MR) is 59.3 cm³/mol. The van der Waals surface area contributed by atoms with Crippen LogP contribution >= 0.6 is 0 Å². The number of rotatable bonds is 5. The van der Waals surface area contributed by atoms with Gasteiger partial charge in [0.1, 0.15) is 0 Å². The number of sulfone groups is 1. The van der Waals surface area contributed by atoms with E-state index in [0.717, 1.165) is 5.41 Å². The molecule has 3 N–H and O–H groups in total. The monoisotopic (exact) mass is 248 g/mol. The van der Waals surface area contributed by atoms with Gasteiger partial charge in [0.15, 0.2) is 9.84 Å². The van der Waals surface area contributed by atoms with Crippen molar-refractivity contribution in [2.45, 2.75) is 18.5 Å². The van der Waals surface area contributed by atoms with Gasteiger partial charge in [-0.15, -0.1) is 0 Å². The Kier molecular flexibility index (Phi) is 4.45. The summed E-state index contributed by atoms with van der Waals surface area (Å²) < 4.78 is 26.9. The van der Waals surface area contributed by atoms with Crippen LogP contribution in [0.4, 0.5) is 0 Å². The number of nitrogens with one attached hydrogen (secondary N) is 1. The zero-order chi connectivity index (χ0) is 12.2. The first-order chi connectivity index (χ1) is 7.44. The Bertz CT molecular complexity index is 377. The highest BCUT2D eigenvalue weighted by molar-refractivity contribution is 7.94. The number of hydrogen-bond acceptors (Lipinski definition) is 5. The first kappa shape index (κ1) is 13.1. The number of methoxy groups -OCH3 is 1. The van der Waals surface area contributed by atoms with Crippen LogP contribution in [-0.2, 0) is 19.4 Å². The van der Waals surface area contributed by atoms with Gasteiger partial charge in [-0.2, -0.15) is 0 Å². The summed E-state index contributed by atoms with van der Waals surface area (Å²) in [7, 11) is -1.62. The van der Waals surface area contributed by atoms with Crippen LogP contribution in [0.1, 0.15) is 6.42 Å². The van der Waals surface area contributed by atoms with Crippen LogP contribution in [-0.4, -0.2) is 45.9 Å². The molecule has 1 amide bonds. The summed E-state index contributed by atoms with van der Waals surface area (Å²) in [5.74, 6) is -0.445. The fraction of sp³-hybridized carbons (Fsp3) is 0.667. The van der Waals surface area contributed by atoms with Crippen molar-refractivity contribution in [1.82, 2.24) is 5.32 Å². The smallest absolute Gasteiger partial charge is 0.237 e. The molecule has 16 heavy (non-hydrogen) atoms. The van der Waals surface area contributed by atoms with Gasteiger partial charge in [0.2, 0.25) is 5.91 Å². The van der Waals surface area contributed by atoms with Crippen LogP contribution in [0.5, 0.6) is 0 Å². The molecule has 2 atom stereocenters. The largest absolute Gasteiger partial charge is 0.385 e. The molecular weight excluding hydrogens is 232 g/mol. The van der Waals surface area contributed by atoms with Crippen molar-refractivity contribution in [1.29, 1.82) is 0 Å². The molecule has 0 fully saturated rings. The Hall–Kier alpha value is -0.920. The molecule has 0 radical (unpaired) electrons. The number of amides is 1. The fourth-order valence-corrected chi connectivity index (χ4v) is 2.57. The van der Waals surface area contributed by atoms with Crippen molar-refractivity contribution < 1.29 is 17.9 Å². The van der Waals surface area contributed by atoms with Gasteiger partial charge in [0.05, 0.1) is 17.8 Å². The van der Waals surface area contributed by atoms with E-state index >= 15 is 0 Å². The maximum absolute atomic E-state index is 11.5. The van der Waals surface area contributed by atoms with Gasteiger partial charge in [0, 0.05) is 19.1 Å². The first-order valence-electron chi connectivity index (χ1n) is 4.90. The molecule has 92 valence electrons. The molecule has 0 aromatic carbocycles. The fourth-order valence-electron chi connectivity index (χ4n) is 1.33. The van der Waals surface area contributed by atoms with Gasteiger partial charge in [-0.1, -0.05) is 0 Å². The van der Waals surface area contributed by atoms with E-state index in [9.17, 15) is 13.2 Å². The average molecular weight is 248 g/mol. The third-order valence-electron chi connectivity index (χ3n) is 2.23. The van der Waals surface area contributed by atoms with Crippen molar-refractivity contribution >= 4 is 15.7 Å². The second-order valence-corrected chi connectivity index (χ2v) is 5.59. The zero-order valence-electron chi connectivity index (χ0n) is 9.05. The molecule has 0 saturated heterocycles. The molecule has 6 nitrogen and oxygen atoms in total. The van der Waals surface area contributed by atoms with Crippen LogP contribution in [0.3, 0.4) is 0 Å². The quantitative estimate of drug-likeness (QED) is 0.635. The van der Waals surface area contributed by atoms with E-state index in [1.165, 1.54) is 13.2 Å². The highest BCUT2D eigenvalue weighted by Crippen LogP contribution is 2.07. The lowest BCUT2D eigenvalue weighted by atomic mass is 10.2. The summed E-state index contributed by atoms with van der Waals surface area (Å²) in [6.07, 6.45) is 1.86. The topological polar surface area (TPSA) is 98.5 Å². The van der Waals surface area contributed by atoms with Crippen molar-refractivity contribution in [3.8, 4) is 0 Å². The molecule has 0 aromatic rings. The third kappa shape index (κ3) is 3.92. The molecule has 1 heterocycles. The standard InChI is InChI=1S/C9H16N2O4S/c1-15-4-2-8(10)9(12)11-7-3-5-16(13,14)6-7/h3,5,7-8H,2,4,6,10H2,1H3,(H,11,12). The van der Waals surface area contributed by atoms with E-state index in [0.29, 0.717) is 13.0 Å². The van der Waals surface area contributed by atoms with E-state index in [4.69, 9.17) is 10.5 Å². The Morgan fingerprint density at radius 2 is 2.38 bits per heavy atom. The summed E-state index contributed by atoms with van der Waals surface area (Å²) in [6, 6.07) is -1.14. The van der Waals surface area contributed by atoms with E-state index in [1.54, 1.807) is 0 Å². The normalized spacial score (nSPS) is 24.2. The molecule has 7 heteroatoms. The van der Waals surface area contributed by atoms with Gasteiger partial charge >= 0.3 is 0 Å². The van der Waals surface area contributed by atoms with Gasteiger partial charge in [-0.05, 0) is 12.5 Å². The number of carbonyl (C=O) groups is 1. The van der Waals surface area contributed by atoms with E-state index in [1.807, 2.05) is 0 Å². The minimum Gasteiger partial charge on any atom is -0.385 e. The minimum atomic E-state index is -3.14. The van der Waals surface area contributed by atoms with Gasteiger partial charge < -0.3 is 15.8 Å². The number of hydrogen-bond donors (Lipinski definition) is 2. The highest BCUT2D eigenvalue weighted by Gasteiger charge is 2.24. The number of nitrogens with two attached hydrogens (primary N) is 1.